The number of aryl methyl sites for hydroxylation is 2. The quantitative estimate of drug-likeness (QED) is 0.891. The summed E-state index contributed by atoms with van der Waals surface area (Å²) in [5.41, 5.74) is 1.67. The zero-order valence-electron chi connectivity index (χ0n) is 11.3. The number of benzene rings is 1. The van der Waals surface area contributed by atoms with Crippen LogP contribution in [0.4, 0.5) is 0 Å². The minimum Gasteiger partial charge on any atom is -0.387 e. The number of sulfonamides is 1. The predicted octanol–water partition coefficient (Wildman–Crippen LogP) is 2.38. The summed E-state index contributed by atoms with van der Waals surface area (Å²) in [4.78, 5) is 0.935. The summed E-state index contributed by atoms with van der Waals surface area (Å²) in [5.74, 6) is 0. The molecule has 0 fully saturated rings. The van der Waals surface area contributed by atoms with Crippen LogP contribution in [0.25, 0.3) is 0 Å². The van der Waals surface area contributed by atoms with E-state index in [2.05, 4.69) is 4.72 Å². The lowest BCUT2D eigenvalue weighted by atomic mass is 10.0. The molecule has 2 rings (SSSR count). The third-order valence-electron chi connectivity index (χ3n) is 2.99. The van der Waals surface area contributed by atoms with Crippen molar-refractivity contribution < 1.29 is 13.5 Å². The topological polar surface area (TPSA) is 66.4 Å². The van der Waals surface area contributed by atoms with Crippen molar-refractivity contribution >= 4 is 21.4 Å². The standard InChI is InChI=1S/C14H17NO3S2/c1-10-5-3-4-6-12(10)13(16)9-15-20(17,18)14-8-7-11(2)19-14/h3-8,13,15-16H,9H2,1-2H3. The molecule has 1 atom stereocenters. The Balaban J connectivity index is 2.07. The number of nitrogens with one attached hydrogen (secondary N) is 1. The lowest BCUT2D eigenvalue weighted by Gasteiger charge is -2.14. The third-order valence-corrected chi connectivity index (χ3v) is 5.91. The molecule has 6 heteroatoms. The van der Waals surface area contributed by atoms with E-state index in [1.807, 2.05) is 32.0 Å². The van der Waals surface area contributed by atoms with Gasteiger partial charge >= 0.3 is 0 Å². The molecule has 2 aromatic rings. The molecular weight excluding hydrogens is 294 g/mol. The maximum atomic E-state index is 12.1. The van der Waals surface area contributed by atoms with Gasteiger partial charge in [0.15, 0.2) is 0 Å². The van der Waals surface area contributed by atoms with Crippen LogP contribution < -0.4 is 4.72 Å². The Morgan fingerprint density at radius 2 is 1.90 bits per heavy atom. The lowest BCUT2D eigenvalue weighted by Crippen LogP contribution is -2.28. The maximum absolute atomic E-state index is 12.1. The van der Waals surface area contributed by atoms with E-state index in [1.165, 1.54) is 11.3 Å². The second kappa shape index (κ2) is 6.05. The molecule has 1 unspecified atom stereocenters. The molecule has 0 aliphatic heterocycles. The van der Waals surface area contributed by atoms with Crippen molar-refractivity contribution in [3.8, 4) is 0 Å². The van der Waals surface area contributed by atoms with Gasteiger partial charge in [-0.25, -0.2) is 13.1 Å². The zero-order chi connectivity index (χ0) is 14.8. The SMILES string of the molecule is Cc1ccc(S(=O)(=O)NCC(O)c2ccccc2C)s1. The molecule has 0 amide bonds. The number of aliphatic hydroxyl groups is 1. The van der Waals surface area contributed by atoms with Gasteiger partial charge in [0.1, 0.15) is 4.21 Å². The largest absolute Gasteiger partial charge is 0.387 e. The highest BCUT2D eigenvalue weighted by Crippen LogP contribution is 2.21. The van der Waals surface area contributed by atoms with Crippen LogP contribution in [0.1, 0.15) is 22.1 Å². The molecule has 1 aromatic heterocycles. The first-order chi connectivity index (χ1) is 9.40. The van der Waals surface area contributed by atoms with E-state index in [9.17, 15) is 13.5 Å². The Kier molecular flexibility index (Phi) is 4.59. The molecule has 0 aliphatic carbocycles. The van der Waals surface area contributed by atoms with Crippen LogP contribution in [0.2, 0.25) is 0 Å². The molecule has 0 spiro atoms. The summed E-state index contributed by atoms with van der Waals surface area (Å²) < 4.78 is 26.8. The van der Waals surface area contributed by atoms with Gasteiger partial charge in [-0.3, -0.25) is 0 Å². The van der Waals surface area contributed by atoms with E-state index in [-0.39, 0.29) is 10.8 Å². The molecule has 4 nitrogen and oxygen atoms in total. The second-order valence-corrected chi connectivity index (χ2v) is 7.87. The summed E-state index contributed by atoms with van der Waals surface area (Å²) in [7, 11) is -3.55. The molecule has 0 radical (unpaired) electrons. The Labute approximate surface area is 123 Å². The van der Waals surface area contributed by atoms with E-state index in [1.54, 1.807) is 18.2 Å². The Bertz CT molecular complexity index is 692. The molecule has 0 aliphatic rings. The molecule has 108 valence electrons. The third kappa shape index (κ3) is 3.46. The van der Waals surface area contributed by atoms with Crippen LogP contribution in [0, 0.1) is 13.8 Å². The average Bonchev–Trinajstić information content (AvgIpc) is 2.84. The smallest absolute Gasteiger partial charge is 0.250 e. The minimum atomic E-state index is -3.55. The fraction of sp³-hybridized carbons (Fsp3) is 0.286. The first-order valence-corrected chi connectivity index (χ1v) is 8.50. The molecule has 1 heterocycles. The van der Waals surface area contributed by atoms with Crippen LogP contribution in [0.5, 0.6) is 0 Å². The summed E-state index contributed by atoms with van der Waals surface area (Å²) in [6.45, 7) is 3.70. The predicted molar refractivity (Wildman–Crippen MR) is 80.4 cm³/mol. The van der Waals surface area contributed by atoms with Crippen molar-refractivity contribution in [2.75, 3.05) is 6.54 Å². The van der Waals surface area contributed by atoms with E-state index >= 15 is 0 Å². The van der Waals surface area contributed by atoms with Gasteiger partial charge in [0, 0.05) is 11.4 Å². The van der Waals surface area contributed by atoms with Gasteiger partial charge in [0.05, 0.1) is 6.10 Å². The fourth-order valence-corrected chi connectivity index (χ4v) is 4.25. The van der Waals surface area contributed by atoms with Gasteiger partial charge in [0.25, 0.3) is 0 Å². The van der Waals surface area contributed by atoms with Crippen molar-refractivity contribution in [3.05, 3.63) is 52.4 Å². The van der Waals surface area contributed by atoms with Gasteiger partial charge < -0.3 is 5.11 Å². The van der Waals surface area contributed by atoms with E-state index in [0.29, 0.717) is 0 Å². The highest BCUT2D eigenvalue weighted by molar-refractivity contribution is 7.91. The molecule has 1 aromatic carbocycles. The van der Waals surface area contributed by atoms with Crippen LogP contribution in [-0.4, -0.2) is 20.1 Å². The van der Waals surface area contributed by atoms with Crippen molar-refractivity contribution in [1.29, 1.82) is 0 Å². The number of hydrogen-bond acceptors (Lipinski definition) is 4. The molecule has 0 saturated heterocycles. The van der Waals surface area contributed by atoms with Gasteiger partial charge in [-0.15, -0.1) is 11.3 Å². The van der Waals surface area contributed by atoms with E-state index in [4.69, 9.17) is 0 Å². The molecular formula is C14H17NO3S2. The Morgan fingerprint density at radius 3 is 2.50 bits per heavy atom. The van der Waals surface area contributed by atoms with Crippen molar-refractivity contribution in [2.45, 2.75) is 24.2 Å². The van der Waals surface area contributed by atoms with E-state index in [0.717, 1.165) is 16.0 Å². The lowest BCUT2D eigenvalue weighted by molar-refractivity contribution is 0.181. The highest BCUT2D eigenvalue weighted by Gasteiger charge is 2.18. The second-order valence-electron chi connectivity index (χ2n) is 4.59. The van der Waals surface area contributed by atoms with Crippen LogP contribution in [0.3, 0.4) is 0 Å². The first kappa shape index (κ1) is 15.2. The molecule has 20 heavy (non-hydrogen) atoms. The summed E-state index contributed by atoms with van der Waals surface area (Å²) in [5, 5.41) is 10.1. The number of hydrogen-bond donors (Lipinski definition) is 2. The average molecular weight is 311 g/mol. The van der Waals surface area contributed by atoms with Crippen LogP contribution in [-0.2, 0) is 10.0 Å². The number of thiophene rings is 1. The summed E-state index contributed by atoms with van der Waals surface area (Å²) >= 11 is 1.21. The van der Waals surface area contributed by atoms with Gasteiger partial charge in [-0.1, -0.05) is 24.3 Å². The van der Waals surface area contributed by atoms with Gasteiger partial charge in [0.2, 0.25) is 10.0 Å². The van der Waals surface area contributed by atoms with Crippen molar-refractivity contribution in [2.24, 2.45) is 0 Å². The van der Waals surface area contributed by atoms with Crippen molar-refractivity contribution in [1.82, 2.24) is 4.72 Å². The highest BCUT2D eigenvalue weighted by atomic mass is 32.2. The Morgan fingerprint density at radius 1 is 1.20 bits per heavy atom. The monoisotopic (exact) mass is 311 g/mol. The number of aliphatic hydroxyl groups excluding tert-OH is 1. The Hall–Kier alpha value is -1.21. The van der Waals surface area contributed by atoms with E-state index < -0.39 is 16.1 Å². The van der Waals surface area contributed by atoms with Crippen LogP contribution in [0.15, 0.2) is 40.6 Å². The van der Waals surface area contributed by atoms with Gasteiger partial charge in [-0.2, -0.15) is 0 Å². The first-order valence-electron chi connectivity index (χ1n) is 6.20. The fourth-order valence-electron chi connectivity index (χ4n) is 1.89. The van der Waals surface area contributed by atoms with Gasteiger partial charge in [-0.05, 0) is 37.1 Å². The summed E-state index contributed by atoms with van der Waals surface area (Å²) in [6, 6.07) is 10.7. The summed E-state index contributed by atoms with van der Waals surface area (Å²) in [6.07, 6.45) is -0.855. The normalized spacial score (nSPS) is 13.3. The number of rotatable bonds is 5. The maximum Gasteiger partial charge on any atom is 0.250 e. The molecule has 0 bridgehead atoms. The zero-order valence-corrected chi connectivity index (χ0v) is 13.0. The van der Waals surface area contributed by atoms with Crippen molar-refractivity contribution in [3.63, 3.8) is 0 Å². The van der Waals surface area contributed by atoms with Crippen LogP contribution >= 0.6 is 11.3 Å². The molecule has 2 N–H and O–H groups in total. The minimum absolute atomic E-state index is 0.0376. The molecule has 0 saturated carbocycles.